The van der Waals surface area contributed by atoms with Gasteiger partial charge in [0.25, 0.3) is 0 Å². The molecule has 1 saturated carbocycles. The number of hydrogen-bond donors (Lipinski definition) is 2. The maximum atomic E-state index is 13.7. The van der Waals surface area contributed by atoms with Crippen LogP contribution in [0.4, 0.5) is 8.78 Å². The Kier molecular flexibility index (Phi) is 2.55. The summed E-state index contributed by atoms with van der Waals surface area (Å²) in [5, 5.41) is 19.9. The number of alkyl halides is 1. The fourth-order valence-electron chi connectivity index (χ4n) is 2.49. The lowest BCUT2D eigenvalue weighted by molar-refractivity contribution is -0.0816. The Hall–Kier alpha value is -1.67. The van der Waals surface area contributed by atoms with Crippen molar-refractivity contribution in [2.75, 3.05) is 0 Å². The van der Waals surface area contributed by atoms with Crippen LogP contribution in [0.2, 0.25) is 0 Å². The standard InChI is InChI=1S/C11H12F2N4O2/c1-11(19)6(12)2-5(8(11)18)17-4-16-7-9(13)14-3-15-10(7)17/h3-6,8,18-19H,2H2,1H3/t5-,6-,8+,11+/m1/s1. The third kappa shape index (κ3) is 1.63. The van der Waals surface area contributed by atoms with E-state index >= 15 is 0 Å². The second-order valence-corrected chi connectivity index (χ2v) is 4.93. The van der Waals surface area contributed by atoms with Gasteiger partial charge in [-0.25, -0.2) is 19.3 Å². The summed E-state index contributed by atoms with van der Waals surface area (Å²) in [6.45, 7) is 1.23. The molecule has 8 heteroatoms. The summed E-state index contributed by atoms with van der Waals surface area (Å²) in [5.41, 5.74) is -1.72. The van der Waals surface area contributed by atoms with Gasteiger partial charge in [0.05, 0.1) is 12.4 Å². The fourth-order valence-corrected chi connectivity index (χ4v) is 2.49. The van der Waals surface area contributed by atoms with Crippen molar-refractivity contribution in [3.8, 4) is 0 Å². The van der Waals surface area contributed by atoms with Gasteiger partial charge >= 0.3 is 0 Å². The number of aliphatic hydroxyl groups excluding tert-OH is 1. The average Bonchev–Trinajstić information content (AvgIpc) is 2.86. The molecule has 1 aliphatic carbocycles. The normalized spacial score (nSPS) is 35.1. The van der Waals surface area contributed by atoms with Crippen molar-refractivity contribution < 1.29 is 19.0 Å². The monoisotopic (exact) mass is 270 g/mol. The van der Waals surface area contributed by atoms with Crippen molar-refractivity contribution in [2.45, 2.75) is 37.3 Å². The molecular weight excluding hydrogens is 258 g/mol. The van der Waals surface area contributed by atoms with Crippen LogP contribution in [-0.2, 0) is 0 Å². The zero-order valence-electron chi connectivity index (χ0n) is 10.0. The van der Waals surface area contributed by atoms with E-state index in [0.29, 0.717) is 0 Å². The van der Waals surface area contributed by atoms with E-state index in [-0.39, 0.29) is 17.6 Å². The van der Waals surface area contributed by atoms with Crippen molar-refractivity contribution >= 4 is 11.2 Å². The van der Waals surface area contributed by atoms with Crippen LogP contribution in [0.1, 0.15) is 19.4 Å². The van der Waals surface area contributed by atoms with E-state index < -0.39 is 29.9 Å². The second kappa shape index (κ2) is 3.91. The zero-order chi connectivity index (χ0) is 13.8. The van der Waals surface area contributed by atoms with Crippen LogP contribution in [0.3, 0.4) is 0 Å². The third-order valence-electron chi connectivity index (χ3n) is 3.72. The molecule has 0 aliphatic heterocycles. The maximum absolute atomic E-state index is 13.7. The van der Waals surface area contributed by atoms with Crippen LogP contribution in [0.25, 0.3) is 11.2 Å². The molecule has 102 valence electrons. The SMILES string of the molecule is C[C@]1(O)[C@H](F)C[C@@H](n2cnc3c(F)ncnc32)[C@@H]1O. The number of rotatable bonds is 1. The predicted molar refractivity (Wildman–Crippen MR) is 60.5 cm³/mol. The zero-order valence-corrected chi connectivity index (χ0v) is 10.0. The average molecular weight is 270 g/mol. The van der Waals surface area contributed by atoms with Crippen molar-refractivity contribution in [1.29, 1.82) is 0 Å². The van der Waals surface area contributed by atoms with Gasteiger partial charge in [0, 0.05) is 6.42 Å². The van der Waals surface area contributed by atoms with Crippen LogP contribution < -0.4 is 0 Å². The molecule has 2 aromatic rings. The van der Waals surface area contributed by atoms with Gasteiger partial charge in [0.1, 0.15) is 24.2 Å². The third-order valence-corrected chi connectivity index (χ3v) is 3.72. The molecule has 2 N–H and O–H groups in total. The molecule has 0 bridgehead atoms. The van der Waals surface area contributed by atoms with Crippen molar-refractivity contribution in [3.05, 3.63) is 18.6 Å². The van der Waals surface area contributed by atoms with Crippen LogP contribution >= 0.6 is 0 Å². The second-order valence-electron chi connectivity index (χ2n) is 4.93. The van der Waals surface area contributed by atoms with E-state index in [1.165, 1.54) is 17.8 Å². The molecule has 3 rings (SSSR count). The van der Waals surface area contributed by atoms with E-state index in [2.05, 4.69) is 15.0 Å². The lowest BCUT2D eigenvalue weighted by atomic mass is 10.0. The van der Waals surface area contributed by atoms with Gasteiger partial charge in [-0.2, -0.15) is 4.39 Å². The highest BCUT2D eigenvalue weighted by atomic mass is 19.1. The van der Waals surface area contributed by atoms with Crippen molar-refractivity contribution in [3.63, 3.8) is 0 Å². The smallest absolute Gasteiger partial charge is 0.244 e. The molecule has 1 aliphatic rings. The highest BCUT2D eigenvalue weighted by molar-refractivity contribution is 5.70. The molecule has 0 radical (unpaired) electrons. The van der Waals surface area contributed by atoms with E-state index in [9.17, 15) is 19.0 Å². The van der Waals surface area contributed by atoms with Crippen LogP contribution in [0.15, 0.2) is 12.7 Å². The minimum atomic E-state index is -1.84. The Bertz CT molecular complexity index is 630. The Labute approximate surface area is 106 Å². The first-order valence-electron chi connectivity index (χ1n) is 5.80. The van der Waals surface area contributed by atoms with Crippen molar-refractivity contribution in [2.24, 2.45) is 0 Å². The number of nitrogens with zero attached hydrogens (tertiary/aromatic N) is 4. The summed E-state index contributed by atoms with van der Waals surface area (Å²) in [7, 11) is 0. The summed E-state index contributed by atoms with van der Waals surface area (Å²) >= 11 is 0. The van der Waals surface area contributed by atoms with Crippen LogP contribution in [0.5, 0.6) is 0 Å². The number of imidazole rings is 1. The molecule has 4 atom stereocenters. The molecule has 0 unspecified atom stereocenters. The highest BCUT2D eigenvalue weighted by Crippen LogP contribution is 2.40. The van der Waals surface area contributed by atoms with Gasteiger partial charge in [-0.05, 0) is 6.92 Å². The predicted octanol–water partition coefficient (Wildman–Crippen LogP) is 0.360. The van der Waals surface area contributed by atoms with E-state index in [0.717, 1.165) is 6.33 Å². The molecule has 0 saturated heterocycles. The first-order chi connectivity index (χ1) is 8.93. The first kappa shape index (κ1) is 12.4. The summed E-state index contributed by atoms with van der Waals surface area (Å²) < 4.78 is 28.5. The lowest BCUT2D eigenvalue weighted by Gasteiger charge is -2.25. The molecule has 19 heavy (non-hydrogen) atoms. The molecule has 6 nitrogen and oxygen atoms in total. The van der Waals surface area contributed by atoms with Gasteiger partial charge in [-0.3, -0.25) is 0 Å². The van der Waals surface area contributed by atoms with Gasteiger partial charge in [0.15, 0.2) is 11.2 Å². The molecule has 2 heterocycles. The van der Waals surface area contributed by atoms with Gasteiger partial charge in [0.2, 0.25) is 5.95 Å². The van der Waals surface area contributed by atoms with E-state index in [1.54, 1.807) is 0 Å². The largest absolute Gasteiger partial charge is 0.388 e. The molecule has 0 amide bonds. The minimum absolute atomic E-state index is 0.0448. The molecular formula is C11H12F2N4O2. The fraction of sp³-hybridized carbons (Fsp3) is 0.545. The van der Waals surface area contributed by atoms with Gasteiger partial charge < -0.3 is 14.8 Å². The van der Waals surface area contributed by atoms with E-state index in [4.69, 9.17) is 0 Å². The summed E-state index contributed by atoms with van der Waals surface area (Å²) in [6.07, 6.45) is -0.688. The molecule has 2 aromatic heterocycles. The first-order valence-corrected chi connectivity index (χ1v) is 5.80. The summed E-state index contributed by atoms with van der Waals surface area (Å²) in [6, 6.07) is -0.746. The Morgan fingerprint density at radius 3 is 2.79 bits per heavy atom. The number of aromatic nitrogens is 4. The van der Waals surface area contributed by atoms with Crippen LogP contribution in [0, 0.1) is 5.95 Å². The molecule has 1 fully saturated rings. The van der Waals surface area contributed by atoms with Gasteiger partial charge in [-0.15, -0.1) is 0 Å². The maximum Gasteiger partial charge on any atom is 0.244 e. The Morgan fingerprint density at radius 2 is 2.16 bits per heavy atom. The topological polar surface area (TPSA) is 84.1 Å². The number of aliphatic hydroxyl groups is 2. The van der Waals surface area contributed by atoms with Crippen molar-refractivity contribution in [1.82, 2.24) is 19.5 Å². The summed E-state index contributed by atoms with van der Waals surface area (Å²) in [4.78, 5) is 11.1. The quantitative estimate of drug-likeness (QED) is 0.731. The van der Waals surface area contributed by atoms with Crippen LogP contribution in [-0.4, -0.2) is 47.6 Å². The molecule has 0 spiro atoms. The summed E-state index contributed by atoms with van der Waals surface area (Å²) in [5.74, 6) is -0.778. The lowest BCUT2D eigenvalue weighted by Crippen LogP contribution is -2.42. The van der Waals surface area contributed by atoms with Gasteiger partial charge in [-0.1, -0.05) is 0 Å². The Balaban J connectivity index is 2.09. The minimum Gasteiger partial charge on any atom is -0.388 e. The van der Waals surface area contributed by atoms with E-state index in [1.807, 2.05) is 0 Å². The number of hydrogen-bond acceptors (Lipinski definition) is 5. The Morgan fingerprint density at radius 1 is 1.42 bits per heavy atom. The molecule has 0 aromatic carbocycles. The number of fused-ring (bicyclic) bond motifs is 1. The highest BCUT2D eigenvalue weighted by Gasteiger charge is 2.52. The number of halogens is 2.